The van der Waals surface area contributed by atoms with Crippen LogP contribution in [0.3, 0.4) is 0 Å². The number of benzene rings is 1. The van der Waals surface area contributed by atoms with Gasteiger partial charge in [-0.15, -0.1) is 24.0 Å². The molecule has 1 atom stereocenters. The smallest absolute Gasteiger partial charge is 0.387 e. The van der Waals surface area contributed by atoms with Crippen LogP contribution in [0.1, 0.15) is 19.4 Å². The first-order valence-corrected chi connectivity index (χ1v) is 7.60. The van der Waals surface area contributed by atoms with Gasteiger partial charge in [0, 0.05) is 18.7 Å². The van der Waals surface area contributed by atoms with Crippen molar-refractivity contribution in [1.29, 1.82) is 0 Å². The standard InChI is InChI=1S/C16H23F2N3O3.HI/c1-4-19-16(20-9-11(2)14(22)23-3)21-10-12-7-5-6-8-13(12)24-15(17)18;/h5-8,11,15H,4,9-10H2,1-3H3,(H2,19,20,21);1H. The number of nitrogens with one attached hydrogen (secondary N) is 2. The van der Waals surface area contributed by atoms with Gasteiger partial charge in [-0.1, -0.05) is 25.1 Å². The maximum absolute atomic E-state index is 12.4. The number of ether oxygens (including phenoxy) is 2. The van der Waals surface area contributed by atoms with Crippen molar-refractivity contribution >= 4 is 35.9 Å². The van der Waals surface area contributed by atoms with Gasteiger partial charge >= 0.3 is 12.6 Å². The van der Waals surface area contributed by atoms with Gasteiger partial charge in [-0.3, -0.25) is 4.79 Å². The van der Waals surface area contributed by atoms with Crippen molar-refractivity contribution in [3.8, 4) is 5.75 Å². The fourth-order valence-electron chi connectivity index (χ4n) is 1.89. The van der Waals surface area contributed by atoms with E-state index >= 15 is 0 Å². The van der Waals surface area contributed by atoms with Gasteiger partial charge in [-0.05, 0) is 13.0 Å². The number of nitrogens with zero attached hydrogens (tertiary/aromatic N) is 1. The predicted octanol–water partition coefficient (Wildman–Crippen LogP) is 2.77. The van der Waals surface area contributed by atoms with Crippen LogP contribution in [0.4, 0.5) is 8.78 Å². The third-order valence-corrected chi connectivity index (χ3v) is 3.12. The van der Waals surface area contributed by atoms with Crippen LogP contribution in [0, 0.1) is 5.92 Å². The second-order valence-electron chi connectivity index (χ2n) is 4.99. The van der Waals surface area contributed by atoms with E-state index in [9.17, 15) is 13.6 Å². The molecule has 0 bridgehead atoms. The molecular formula is C16H24F2IN3O3. The molecule has 0 aliphatic heterocycles. The molecule has 1 rings (SSSR count). The molecule has 0 amide bonds. The summed E-state index contributed by atoms with van der Waals surface area (Å²) in [5.74, 6) is -0.0996. The maximum atomic E-state index is 12.4. The van der Waals surface area contributed by atoms with E-state index in [1.165, 1.54) is 13.2 Å². The Morgan fingerprint density at radius 2 is 1.96 bits per heavy atom. The first-order chi connectivity index (χ1) is 11.5. The van der Waals surface area contributed by atoms with Gasteiger partial charge in [-0.2, -0.15) is 8.78 Å². The molecule has 25 heavy (non-hydrogen) atoms. The van der Waals surface area contributed by atoms with Crippen molar-refractivity contribution in [2.45, 2.75) is 27.0 Å². The molecule has 0 spiro atoms. The van der Waals surface area contributed by atoms with E-state index < -0.39 is 6.61 Å². The average Bonchev–Trinajstić information content (AvgIpc) is 2.56. The Morgan fingerprint density at radius 1 is 1.28 bits per heavy atom. The summed E-state index contributed by atoms with van der Waals surface area (Å²) in [6.45, 7) is 1.86. The number of alkyl halides is 2. The highest BCUT2D eigenvalue weighted by Gasteiger charge is 2.13. The third kappa shape index (κ3) is 8.84. The van der Waals surface area contributed by atoms with Gasteiger partial charge in [0.25, 0.3) is 0 Å². The Balaban J connectivity index is 0.00000576. The van der Waals surface area contributed by atoms with Gasteiger partial charge in [0.15, 0.2) is 5.96 Å². The van der Waals surface area contributed by atoms with Gasteiger partial charge in [0.2, 0.25) is 0 Å². The van der Waals surface area contributed by atoms with Crippen LogP contribution < -0.4 is 15.4 Å². The van der Waals surface area contributed by atoms with Crippen molar-refractivity contribution in [3.63, 3.8) is 0 Å². The number of methoxy groups -OCH3 is 1. The van der Waals surface area contributed by atoms with Crippen molar-refractivity contribution < 1.29 is 23.0 Å². The Bertz CT molecular complexity index is 559. The summed E-state index contributed by atoms with van der Waals surface area (Å²) in [7, 11) is 1.33. The van der Waals surface area contributed by atoms with Crippen LogP contribution in [0.25, 0.3) is 0 Å². The summed E-state index contributed by atoms with van der Waals surface area (Å²) in [4.78, 5) is 15.7. The van der Waals surface area contributed by atoms with Crippen molar-refractivity contribution in [1.82, 2.24) is 10.6 Å². The fourth-order valence-corrected chi connectivity index (χ4v) is 1.89. The number of halogens is 3. The Kier molecular flexibility index (Phi) is 11.8. The van der Waals surface area contributed by atoms with Crippen LogP contribution in [-0.2, 0) is 16.1 Å². The molecule has 0 aliphatic carbocycles. The second kappa shape index (κ2) is 12.7. The van der Waals surface area contributed by atoms with Crippen LogP contribution >= 0.6 is 24.0 Å². The number of carbonyl (C=O) groups excluding carboxylic acids is 1. The molecule has 0 aliphatic rings. The molecule has 0 fully saturated rings. The Morgan fingerprint density at radius 3 is 2.56 bits per heavy atom. The zero-order valence-corrected chi connectivity index (χ0v) is 16.8. The Labute approximate surface area is 163 Å². The van der Waals surface area contributed by atoms with E-state index in [4.69, 9.17) is 0 Å². The second-order valence-corrected chi connectivity index (χ2v) is 4.99. The lowest BCUT2D eigenvalue weighted by atomic mass is 10.2. The number of hydrogen-bond acceptors (Lipinski definition) is 4. The summed E-state index contributed by atoms with van der Waals surface area (Å²) in [6, 6.07) is 6.48. The minimum Gasteiger partial charge on any atom is -0.469 e. The van der Waals surface area contributed by atoms with Crippen LogP contribution in [0.5, 0.6) is 5.75 Å². The molecule has 0 aromatic heterocycles. The molecule has 2 N–H and O–H groups in total. The van der Waals surface area contributed by atoms with Gasteiger partial charge in [0.05, 0.1) is 19.6 Å². The van der Waals surface area contributed by atoms with Gasteiger partial charge in [0.1, 0.15) is 5.75 Å². The predicted molar refractivity (Wildman–Crippen MR) is 102 cm³/mol. The molecule has 9 heteroatoms. The highest BCUT2D eigenvalue weighted by atomic mass is 127. The fraction of sp³-hybridized carbons (Fsp3) is 0.500. The minimum absolute atomic E-state index is 0. The van der Waals surface area contributed by atoms with Gasteiger partial charge < -0.3 is 20.1 Å². The van der Waals surface area contributed by atoms with E-state index in [-0.39, 0.29) is 48.2 Å². The monoisotopic (exact) mass is 471 g/mol. The van der Waals surface area contributed by atoms with Crippen LogP contribution in [-0.4, -0.2) is 38.7 Å². The largest absolute Gasteiger partial charge is 0.469 e. The molecule has 1 aromatic rings. The van der Waals surface area contributed by atoms with E-state index in [0.717, 1.165) is 0 Å². The lowest BCUT2D eigenvalue weighted by Crippen LogP contribution is -2.40. The number of guanidine groups is 1. The highest BCUT2D eigenvalue weighted by Crippen LogP contribution is 2.20. The number of rotatable bonds is 8. The number of hydrogen-bond donors (Lipinski definition) is 2. The minimum atomic E-state index is -2.89. The van der Waals surface area contributed by atoms with Crippen LogP contribution in [0.15, 0.2) is 29.3 Å². The molecule has 0 saturated carbocycles. The number of aliphatic imine (C=N–C) groups is 1. The number of esters is 1. The number of carbonyl (C=O) groups is 1. The molecule has 6 nitrogen and oxygen atoms in total. The van der Waals surface area contributed by atoms with E-state index in [0.29, 0.717) is 24.6 Å². The summed E-state index contributed by atoms with van der Waals surface area (Å²) >= 11 is 0. The zero-order valence-electron chi connectivity index (χ0n) is 14.4. The highest BCUT2D eigenvalue weighted by molar-refractivity contribution is 14.0. The molecule has 1 unspecified atom stereocenters. The van der Waals surface area contributed by atoms with E-state index in [1.54, 1.807) is 25.1 Å². The molecule has 0 heterocycles. The van der Waals surface area contributed by atoms with E-state index in [2.05, 4.69) is 25.1 Å². The molecule has 0 saturated heterocycles. The topological polar surface area (TPSA) is 72.0 Å². The first kappa shape index (κ1) is 23.4. The zero-order chi connectivity index (χ0) is 17.9. The summed E-state index contributed by atoms with van der Waals surface area (Å²) in [6.07, 6.45) is 0. The molecule has 0 radical (unpaired) electrons. The summed E-state index contributed by atoms with van der Waals surface area (Å²) in [5.41, 5.74) is 0.538. The SMILES string of the molecule is CCNC(=NCc1ccccc1OC(F)F)NCC(C)C(=O)OC.I. The lowest BCUT2D eigenvalue weighted by Gasteiger charge is -2.15. The third-order valence-electron chi connectivity index (χ3n) is 3.12. The van der Waals surface area contributed by atoms with Gasteiger partial charge in [-0.25, -0.2) is 4.99 Å². The van der Waals surface area contributed by atoms with Crippen LogP contribution in [0.2, 0.25) is 0 Å². The van der Waals surface area contributed by atoms with E-state index in [1.807, 2.05) is 6.92 Å². The van der Waals surface area contributed by atoms with Crippen molar-refractivity contribution in [3.05, 3.63) is 29.8 Å². The lowest BCUT2D eigenvalue weighted by molar-refractivity contribution is -0.144. The normalized spacial score (nSPS) is 12.2. The molecule has 142 valence electrons. The quantitative estimate of drug-likeness (QED) is 0.264. The van der Waals surface area contributed by atoms with Crippen molar-refractivity contribution in [2.75, 3.05) is 20.2 Å². The summed E-state index contributed by atoms with van der Waals surface area (Å²) < 4.78 is 34.0. The summed E-state index contributed by atoms with van der Waals surface area (Å²) in [5, 5.41) is 6.04. The van der Waals surface area contributed by atoms with Crippen molar-refractivity contribution in [2.24, 2.45) is 10.9 Å². The Hall–Kier alpha value is -1.65. The average molecular weight is 471 g/mol. The molecular weight excluding hydrogens is 447 g/mol. The maximum Gasteiger partial charge on any atom is 0.387 e. The molecule has 1 aromatic carbocycles. The first-order valence-electron chi connectivity index (χ1n) is 7.60. The number of para-hydroxylation sites is 1.